The largest absolute Gasteiger partial charge is 0.492 e. The molecule has 0 aliphatic carbocycles. The van der Waals surface area contributed by atoms with Gasteiger partial charge in [0.15, 0.2) is 0 Å². The minimum Gasteiger partial charge on any atom is -0.492 e. The van der Waals surface area contributed by atoms with E-state index in [1.165, 1.54) is 12.1 Å². The first kappa shape index (κ1) is 10.7. The molecule has 1 aliphatic heterocycles. The number of amidine groups is 1. The third kappa shape index (κ3) is 1.78. The molecule has 0 amide bonds. The molecule has 1 aromatic heterocycles. The average molecular weight is 225 g/mol. The van der Waals surface area contributed by atoms with Gasteiger partial charge in [0.05, 0.1) is 12.1 Å². The molecule has 0 saturated carbocycles. The summed E-state index contributed by atoms with van der Waals surface area (Å²) in [5.74, 6) is -0.343. The molecule has 1 aliphatic rings. The highest BCUT2D eigenvalue weighted by Crippen LogP contribution is 2.19. The Morgan fingerprint density at radius 2 is 2.06 bits per heavy atom. The first-order chi connectivity index (χ1) is 7.61. The molecule has 16 heavy (non-hydrogen) atoms. The average Bonchev–Trinajstić information content (AvgIpc) is 2.76. The number of aromatic nitrogens is 1. The Morgan fingerprint density at radius 3 is 2.56 bits per heavy atom. The van der Waals surface area contributed by atoms with Crippen LogP contribution in [0.15, 0.2) is 17.1 Å². The van der Waals surface area contributed by atoms with Gasteiger partial charge in [-0.2, -0.15) is 0 Å². The number of rotatable bonds is 2. The standard InChI is InChI=1S/C10H15N3O3/c1-3-7-6(2)11-10(12-7)16-13-8(14)4-5-9(13)15/h4-7,14-15H,3H2,1-2H3,(H,11,12). The predicted molar refractivity (Wildman–Crippen MR) is 58.5 cm³/mol. The van der Waals surface area contributed by atoms with Crippen molar-refractivity contribution in [2.45, 2.75) is 32.4 Å². The molecule has 3 N–H and O–H groups in total. The fourth-order valence-corrected chi connectivity index (χ4v) is 1.67. The summed E-state index contributed by atoms with van der Waals surface area (Å²) in [4.78, 5) is 9.52. The SMILES string of the molecule is CCC1N=C(On2c(O)ccc2O)NC1C. The topological polar surface area (TPSA) is 79.0 Å². The summed E-state index contributed by atoms with van der Waals surface area (Å²) >= 11 is 0. The Kier molecular flexibility index (Phi) is 2.64. The van der Waals surface area contributed by atoms with Crippen molar-refractivity contribution in [3.63, 3.8) is 0 Å². The lowest BCUT2D eigenvalue weighted by atomic mass is 10.1. The van der Waals surface area contributed by atoms with E-state index in [-0.39, 0.29) is 23.8 Å². The van der Waals surface area contributed by atoms with Gasteiger partial charge in [-0.1, -0.05) is 6.92 Å². The highest BCUT2D eigenvalue weighted by molar-refractivity contribution is 5.76. The number of aliphatic imine (C=N–C) groups is 1. The molecule has 1 aromatic rings. The summed E-state index contributed by atoms with van der Waals surface area (Å²) in [5, 5.41) is 21.8. The monoisotopic (exact) mass is 225 g/mol. The van der Waals surface area contributed by atoms with E-state index in [9.17, 15) is 10.2 Å². The van der Waals surface area contributed by atoms with Crippen molar-refractivity contribution >= 4 is 6.02 Å². The Hall–Kier alpha value is -1.85. The normalized spacial score (nSPS) is 24.0. The first-order valence-electron chi connectivity index (χ1n) is 5.24. The maximum Gasteiger partial charge on any atom is 0.313 e. The highest BCUT2D eigenvalue weighted by Gasteiger charge is 2.25. The van der Waals surface area contributed by atoms with Gasteiger partial charge < -0.3 is 20.4 Å². The second-order valence-corrected chi connectivity index (χ2v) is 3.78. The molecule has 88 valence electrons. The molecule has 0 aromatic carbocycles. The van der Waals surface area contributed by atoms with Crippen molar-refractivity contribution in [2.24, 2.45) is 4.99 Å². The van der Waals surface area contributed by atoms with Crippen LogP contribution in [0.2, 0.25) is 0 Å². The van der Waals surface area contributed by atoms with Gasteiger partial charge in [0, 0.05) is 12.1 Å². The molecule has 2 rings (SSSR count). The quantitative estimate of drug-likeness (QED) is 0.683. The first-order valence-corrected chi connectivity index (χ1v) is 5.24. The van der Waals surface area contributed by atoms with Crippen molar-refractivity contribution in [2.75, 3.05) is 0 Å². The molecule has 0 fully saturated rings. The highest BCUT2D eigenvalue weighted by atomic mass is 16.7. The molecule has 6 heteroatoms. The van der Waals surface area contributed by atoms with E-state index < -0.39 is 0 Å². The van der Waals surface area contributed by atoms with E-state index in [0.717, 1.165) is 11.2 Å². The number of nitrogens with one attached hydrogen (secondary N) is 1. The van der Waals surface area contributed by atoms with Gasteiger partial charge in [-0.25, -0.2) is 4.99 Å². The molecule has 6 nitrogen and oxygen atoms in total. The van der Waals surface area contributed by atoms with Gasteiger partial charge in [-0.15, -0.1) is 4.73 Å². The van der Waals surface area contributed by atoms with Crippen molar-refractivity contribution < 1.29 is 15.1 Å². The minimum atomic E-state index is -0.172. The van der Waals surface area contributed by atoms with Gasteiger partial charge in [0.25, 0.3) is 0 Å². The maximum atomic E-state index is 9.38. The summed E-state index contributed by atoms with van der Waals surface area (Å²) in [6.07, 6.45) is 0.907. The zero-order valence-electron chi connectivity index (χ0n) is 9.21. The second kappa shape index (κ2) is 3.96. The summed E-state index contributed by atoms with van der Waals surface area (Å²) in [7, 11) is 0. The number of nitrogens with zero attached hydrogens (tertiary/aromatic N) is 2. The molecular weight excluding hydrogens is 210 g/mol. The zero-order valence-corrected chi connectivity index (χ0v) is 9.21. The van der Waals surface area contributed by atoms with Crippen molar-refractivity contribution in [1.29, 1.82) is 0 Å². The molecule has 0 bridgehead atoms. The molecule has 0 spiro atoms. The van der Waals surface area contributed by atoms with Crippen LogP contribution in [0.3, 0.4) is 0 Å². The van der Waals surface area contributed by atoms with Gasteiger partial charge in [-0.05, 0) is 13.3 Å². The molecule has 2 unspecified atom stereocenters. The number of hydrogen-bond acceptors (Lipinski definition) is 5. The van der Waals surface area contributed by atoms with Gasteiger partial charge in [-0.3, -0.25) is 0 Å². The fraction of sp³-hybridized carbons (Fsp3) is 0.500. The lowest BCUT2D eigenvalue weighted by molar-refractivity contribution is 0.181. The van der Waals surface area contributed by atoms with Crippen LogP contribution >= 0.6 is 0 Å². The van der Waals surface area contributed by atoms with Crippen LogP contribution in [0, 0.1) is 0 Å². The van der Waals surface area contributed by atoms with Crippen LogP contribution in [0.1, 0.15) is 20.3 Å². The van der Waals surface area contributed by atoms with Crippen LogP contribution in [0.5, 0.6) is 11.8 Å². The summed E-state index contributed by atoms with van der Waals surface area (Å²) in [5.41, 5.74) is 0. The van der Waals surface area contributed by atoms with Crippen molar-refractivity contribution in [1.82, 2.24) is 10.0 Å². The van der Waals surface area contributed by atoms with Gasteiger partial charge in [0.1, 0.15) is 0 Å². The maximum absolute atomic E-state index is 9.38. The second-order valence-electron chi connectivity index (χ2n) is 3.78. The van der Waals surface area contributed by atoms with Crippen LogP contribution in [0.25, 0.3) is 0 Å². The van der Waals surface area contributed by atoms with Crippen LogP contribution in [0.4, 0.5) is 0 Å². The van der Waals surface area contributed by atoms with E-state index in [2.05, 4.69) is 10.3 Å². The summed E-state index contributed by atoms with van der Waals surface area (Å²) < 4.78 is 0.913. The third-order valence-corrected chi connectivity index (χ3v) is 2.61. The summed E-state index contributed by atoms with van der Waals surface area (Å²) in [6.45, 7) is 4.04. The van der Waals surface area contributed by atoms with Gasteiger partial charge >= 0.3 is 6.02 Å². The minimum absolute atomic E-state index is 0.162. The zero-order chi connectivity index (χ0) is 11.7. The van der Waals surface area contributed by atoms with E-state index >= 15 is 0 Å². The Bertz CT molecular complexity index is 394. The molecule has 0 radical (unpaired) electrons. The molecule has 0 saturated heterocycles. The van der Waals surface area contributed by atoms with E-state index in [1.807, 2.05) is 13.8 Å². The number of aromatic hydroxyl groups is 2. The Labute approximate surface area is 93.1 Å². The van der Waals surface area contributed by atoms with Crippen LogP contribution in [-0.2, 0) is 0 Å². The Balaban J connectivity index is 2.12. The fourth-order valence-electron chi connectivity index (χ4n) is 1.67. The molecule has 2 atom stereocenters. The lowest BCUT2D eigenvalue weighted by Crippen LogP contribution is -2.36. The molecular formula is C10H15N3O3. The summed E-state index contributed by atoms with van der Waals surface area (Å²) in [6, 6.07) is 3.34. The third-order valence-electron chi connectivity index (χ3n) is 2.61. The van der Waals surface area contributed by atoms with E-state index in [1.54, 1.807) is 0 Å². The van der Waals surface area contributed by atoms with Crippen LogP contribution in [-0.4, -0.2) is 33.0 Å². The smallest absolute Gasteiger partial charge is 0.313 e. The van der Waals surface area contributed by atoms with Crippen molar-refractivity contribution in [3.05, 3.63) is 12.1 Å². The van der Waals surface area contributed by atoms with Crippen molar-refractivity contribution in [3.8, 4) is 11.8 Å². The Morgan fingerprint density at radius 1 is 1.44 bits per heavy atom. The molecule has 2 heterocycles. The van der Waals surface area contributed by atoms with Gasteiger partial charge in [0.2, 0.25) is 11.8 Å². The van der Waals surface area contributed by atoms with E-state index in [0.29, 0.717) is 6.02 Å². The van der Waals surface area contributed by atoms with E-state index in [4.69, 9.17) is 4.84 Å². The van der Waals surface area contributed by atoms with Crippen LogP contribution < -0.4 is 10.2 Å². The lowest BCUT2D eigenvalue weighted by Gasteiger charge is -2.10. The predicted octanol–water partition coefficient (Wildman–Crippen LogP) is 0.454. The number of hydrogen-bond donors (Lipinski definition) is 3.